The maximum Gasteiger partial charge on any atom is 0.229 e. The molecule has 4 aliphatic rings. The highest BCUT2D eigenvalue weighted by atomic mass is 16.2. The van der Waals surface area contributed by atoms with Gasteiger partial charge in [0.1, 0.15) is 0 Å². The fourth-order valence-electron chi connectivity index (χ4n) is 7.85. The van der Waals surface area contributed by atoms with Gasteiger partial charge in [0.05, 0.1) is 0 Å². The lowest BCUT2D eigenvalue weighted by atomic mass is 9.76. The van der Waals surface area contributed by atoms with Crippen LogP contribution in [0.15, 0.2) is 42.5 Å². The topological polar surface area (TPSA) is 78.7 Å². The summed E-state index contributed by atoms with van der Waals surface area (Å²) in [5.41, 5.74) is 12.5. The van der Waals surface area contributed by atoms with Crippen LogP contribution in [0.1, 0.15) is 68.9 Å². The molecule has 1 spiro atoms. The van der Waals surface area contributed by atoms with Gasteiger partial charge in [0.15, 0.2) is 0 Å². The molecule has 0 radical (unpaired) electrons. The van der Waals surface area contributed by atoms with Crippen molar-refractivity contribution >= 4 is 28.9 Å². The Morgan fingerprint density at radius 2 is 1.67 bits per heavy atom. The summed E-state index contributed by atoms with van der Waals surface area (Å²) in [6.07, 6.45) is 11.1. The zero-order chi connectivity index (χ0) is 27.0. The third-order valence-corrected chi connectivity index (χ3v) is 10.2. The summed E-state index contributed by atoms with van der Waals surface area (Å²) in [4.78, 5) is 28.6. The molecule has 3 N–H and O–H groups in total. The molecule has 2 aromatic rings. The van der Waals surface area contributed by atoms with Crippen LogP contribution < -0.4 is 20.9 Å². The van der Waals surface area contributed by atoms with Crippen LogP contribution >= 0.6 is 0 Å². The predicted molar refractivity (Wildman–Crippen MR) is 158 cm³/mol. The first kappa shape index (κ1) is 26.2. The molecule has 2 atom stereocenters. The molecule has 2 unspecified atom stereocenters. The van der Waals surface area contributed by atoms with Crippen molar-refractivity contribution < 1.29 is 9.59 Å². The van der Waals surface area contributed by atoms with Crippen LogP contribution in [0.4, 0.5) is 17.1 Å². The van der Waals surface area contributed by atoms with Gasteiger partial charge in [-0.05, 0) is 124 Å². The van der Waals surface area contributed by atoms with Gasteiger partial charge < -0.3 is 15.5 Å². The number of piperidine rings is 2. The third kappa shape index (κ3) is 5.80. The van der Waals surface area contributed by atoms with Gasteiger partial charge in [0.2, 0.25) is 11.8 Å². The Bertz CT molecular complexity index is 1190. The number of hydrogen-bond acceptors (Lipinski definition) is 5. The number of nitrogens with zero attached hydrogens (tertiary/aromatic N) is 2. The monoisotopic (exact) mass is 528 g/mol. The van der Waals surface area contributed by atoms with E-state index in [0.717, 1.165) is 30.4 Å². The van der Waals surface area contributed by atoms with E-state index in [9.17, 15) is 9.59 Å². The van der Waals surface area contributed by atoms with Gasteiger partial charge in [-0.1, -0.05) is 6.07 Å². The Kier molecular flexibility index (Phi) is 7.30. The summed E-state index contributed by atoms with van der Waals surface area (Å²) >= 11 is 0. The highest BCUT2D eigenvalue weighted by molar-refractivity contribution is 5.98. The quantitative estimate of drug-likeness (QED) is 0.368. The van der Waals surface area contributed by atoms with Gasteiger partial charge in [-0.3, -0.25) is 14.9 Å². The minimum Gasteiger partial charge on any atom is -0.399 e. The number of hydrogen-bond donors (Lipinski definition) is 2. The number of benzene rings is 2. The number of nitrogens with two attached hydrogens (primary N) is 1. The van der Waals surface area contributed by atoms with Gasteiger partial charge in [0, 0.05) is 61.0 Å². The number of carbonyl (C=O) groups excluding carboxylic acids is 2. The Balaban J connectivity index is 0.947. The Labute approximate surface area is 233 Å². The molecule has 1 aliphatic carbocycles. The number of aryl methyl sites for hydroxylation is 2. The number of nitrogen functional groups attached to an aromatic ring is 1. The molecule has 1 saturated carbocycles. The molecular weight excluding hydrogens is 484 g/mol. The zero-order valence-corrected chi connectivity index (χ0v) is 23.5. The van der Waals surface area contributed by atoms with Crippen molar-refractivity contribution in [3.05, 3.63) is 53.6 Å². The van der Waals surface area contributed by atoms with E-state index in [2.05, 4.69) is 52.4 Å². The molecule has 0 bridgehead atoms. The summed E-state index contributed by atoms with van der Waals surface area (Å²) in [6.45, 7) is 6.94. The molecule has 3 saturated heterocycles. The largest absolute Gasteiger partial charge is 0.399 e. The second-order valence-corrected chi connectivity index (χ2v) is 13.0. The lowest BCUT2D eigenvalue weighted by Gasteiger charge is -2.50. The highest BCUT2D eigenvalue weighted by Crippen LogP contribution is 2.51. The first-order valence-electron chi connectivity index (χ1n) is 15.1. The van der Waals surface area contributed by atoms with Gasteiger partial charge in [-0.2, -0.15) is 0 Å². The van der Waals surface area contributed by atoms with E-state index in [1.807, 2.05) is 12.1 Å². The van der Waals surface area contributed by atoms with Gasteiger partial charge in [0.25, 0.3) is 0 Å². The Morgan fingerprint density at radius 1 is 0.923 bits per heavy atom. The van der Waals surface area contributed by atoms with Crippen molar-refractivity contribution in [2.75, 3.05) is 41.7 Å². The molecule has 2 aromatic carbocycles. The molecule has 6 rings (SSSR count). The second-order valence-electron chi connectivity index (χ2n) is 13.0. The standard InChI is InChI=1S/C33H44N4O2/c1-23-18-30(8-4-26(23)2-3-27-5-11-31(38)35-32(27)39)37-21-33(22-37)15-12-25(20-33)19-24-13-16-36(17-14-24)29-9-6-28(34)7-10-29/h4,6-10,18,24-25,27H,2-3,5,11-17,19-22,34H2,1H3,(H,35,38,39). The number of amides is 2. The smallest absolute Gasteiger partial charge is 0.229 e. The maximum absolute atomic E-state index is 12.1. The van der Waals surface area contributed by atoms with Crippen molar-refractivity contribution in [1.82, 2.24) is 5.32 Å². The molecule has 3 aliphatic heterocycles. The first-order valence-corrected chi connectivity index (χ1v) is 15.1. The summed E-state index contributed by atoms with van der Waals surface area (Å²) in [5, 5.41) is 2.49. The van der Waals surface area contributed by atoms with Crippen LogP contribution in [0.3, 0.4) is 0 Å². The fourth-order valence-corrected chi connectivity index (χ4v) is 7.85. The van der Waals surface area contributed by atoms with Crippen LogP contribution in [-0.4, -0.2) is 38.0 Å². The molecule has 6 nitrogen and oxygen atoms in total. The van der Waals surface area contributed by atoms with E-state index >= 15 is 0 Å². The minimum atomic E-state index is -0.131. The normalized spacial score (nSPS) is 25.2. The van der Waals surface area contributed by atoms with Crippen LogP contribution in [0.5, 0.6) is 0 Å². The van der Waals surface area contributed by atoms with Crippen LogP contribution in [0.2, 0.25) is 0 Å². The van der Waals surface area contributed by atoms with E-state index in [-0.39, 0.29) is 17.7 Å². The SMILES string of the molecule is Cc1cc(N2CC3(CCC(CC4CCN(c5ccc(N)cc5)CC4)C3)C2)ccc1CCC1CCC(=O)NC1=O. The zero-order valence-electron chi connectivity index (χ0n) is 23.5. The van der Waals surface area contributed by atoms with E-state index in [1.54, 1.807) is 0 Å². The number of imide groups is 1. The minimum absolute atomic E-state index is 0.0383. The molecule has 4 fully saturated rings. The number of anilines is 3. The van der Waals surface area contributed by atoms with Crippen LogP contribution in [-0.2, 0) is 16.0 Å². The van der Waals surface area contributed by atoms with Crippen LogP contribution in [0, 0.1) is 30.1 Å². The molecule has 3 heterocycles. The Hall–Kier alpha value is -3.02. The van der Waals surface area contributed by atoms with Crippen molar-refractivity contribution in [2.45, 2.75) is 71.1 Å². The third-order valence-electron chi connectivity index (χ3n) is 10.2. The lowest BCUT2D eigenvalue weighted by Crippen LogP contribution is -2.55. The lowest BCUT2D eigenvalue weighted by molar-refractivity contribution is -0.136. The number of carbonyl (C=O) groups is 2. The molecule has 39 heavy (non-hydrogen) atoms. The molecular formula is C33H44N4O2. The molecule has 0 aromatic heterocycles. The maximum atomic E-state index is 12.1. The summed E-state index contributed by atoms with van der Waals surface area (Å²) < 4.78 is 0. The van der Waals surface area contributed by atoms with Crippen molar-refractivity contribution in [1.29, 1.82) is 0 Å². The highest BCUT2D eigenvalue weighted by Gasteiger charge is 2.48. The average Bonchev–Trinajstić information content (AvgIpc) is 3.33. The van der Waals surface area contributed by atoms with Gasteiger partial charge >= 0.3 is 0 Å². The number of nitrogens with one attached hydrogen (secondary N) is 1. The van der Waals surface area contributed by atoms with E-state index in [1.165, 1.54) is 87.2 Å². The molecule has 208 valence electrons. The van der Waals surface area contributed by atoms with Crippen molar-refractivity contribution in [3.63, 3.8) is 0 Å². The van der Waals surface area contributed by atoms with Crippen LogP contribution in [0.25, 0.3) is 0 Å². The Morgan fingerprint density at radius 3 is 2.38 bits per heavy atom. The average molecular weight is 529 g/mol. The summed E-state index contributed by atoms with van der Waals surface area (Å²) in [5.74, 6) is 1.51. The van der Waals surface area contributed by atoms with Crippen molar-refractivity contribution in [3.8, 4) is 0 Å². The first-order chi connectivity index (χ1) is 18.9. The molecule has 6 heteroatoms. The van der Waals surface area contributed by atoms with Gasteiger partial charge in [-0.25, -0.2) is 0 Å². The van der Waals surface area contributed by atoms with E-state index < -0.39 is 0 Å². The second kappa shape index (κ2) is 10.9. The fraction of sp³-hybridized carbons (Fsp3) is 0.576. The summed E-state index contributed by atoms with van der Waals surface area (Å²) in [7, 11) is 0. The molecule has 2 amide bonds. The summed E-state index contributed by atoms with van der Waals surface area (Å²) in [6, 6.07) is 15.2. The van der Waals surface area contributed by atoms with Gasteiger partial charge in [-0.15, -0.1) is 0 Å². The van der Waals surface area contributed by atoms with E-state index in [4.69, 9.17) is 5.73 Å². The van der Waals surface area contributed by atoms with E-state index in [0.29, 0.717) is 18.3 Å². The predicted octanol–water partition coefficient (Wildman–Crippen LogP) is 5.48. The number of rotatable bonds is 7. The van der Waals surface area contributed by atoms with Crippen molar-refractivity contribution in [2.24, 2.45) is 23.2 Å².